The van der Waals surface area contributed by atoms with E-state index in [9.17, 15) is 44.6 Å². The molecule has 11 heteroatoms. The summed E-state index contributed by atoms with van der Waals surface area (Å²) in [6.07, 6.45) is -10.5. The van der Waals surface area contributed by atoms with Gasteiger partial charge in [0.2, 0.25) is 0 Å². The Hall–Kier alpha value is -0.970. The Balaban J connectivity index is 3.36. The maximum absolute atomic E-state index is 13.5. The van der Waals surface area contributed by atoms with Crippen LogP contribution in [-0.4, -0.2) is 29.1 Å². The third-order valence-corrected chi connectivity index (χ3v) is 3.43. The molecule has 0 aliphatic heterocycles. The van der Waals surface area contributed by atoms with Crippen LogP contribution < -0.4 is 0 Å². The van der Waals surface area contributed by atoms with E-state index in [-0.39, 0.29) is 4.47 Å². The molecule has 0 amide bonds. The molecule has 0 aliphatic carbocycles. The van der Waals surface area contributed by atoms with E-state index in [1.165, 1.54) is 6.07 Å². The van der Waals surface area contributed by atoms with Crippen molar-refractivity contribution in [1.29, 1.82) is 0 Å². The van der Waals surface area contributed by atoms with Gasteiger partial charge in [-0.2, -0.15) is 39.5 Å². The summed E-state index contributed by atoms with van der Waals surface area (Å²) in [6, 6.07) is 3.90. The second-order valence-corrected chi connectivity index (χ2v) is 5.05. The van der Waals surface area contributed by atoms with Gasteiger partial charge in [0.25, 0.3) is 0 Å². The zero-order valence-electron chi connectivity index (χ0n) is 10.1. The molecule has 0 saturated heterocycles. The van der Waals surface area contributed by atoms with Gasteiger partial charge in [-0.25, -0.2) is 0 Å². The molecule has 1 atom stereocenters. The van der Waals surface area contributed by atoms with Crippen LogP contribution in [0.3, 0.4) is 0 Å². The number of aliphatic hydroxyl groups is 1. The molecule has 1 nitrogen and oxygen atoms in total. The van der Waals surface area contributed by atoms with Gasteiger partial charge in [-0.15, -0.1) is 0 Å². The summed E-state index contributed by atoms with van der Waals surface area (Å²) in [7, 11) is 0. The molecular formula is C11H6BrF9O. The van der Waals surface area contributed by atoms with Crippen molar-refractivity contribution in [2.45, 2.75) is 30.0 Å². The SMILES string of the molecule is OC(c1ccccc1Br)C(F)(F)C(F)(F)C(F)(F)C(F)(F)F. The van der Waals surface area contributed by atoms with Crippen LogP contribution in [0.15, 0.2) is 28.7 Å². The number of hydrogen-bond acceptors (Lipinski definition) is 1. The van der Waals surface area contributed by atoms with Crippen molar-refractivity contribution >= 4 is 15.9 Å². The largest absolute Gasteiger partial charge is 0.460 e. The van der Waals surface area contributed by atoms with Crippen LogP contribution in [0.2, 0.25) is 0 Å². The molecule has 126 valence electrons. The fraction of sp³-hybridized carbons (Fsp3) is 0.455. The minimum Gasteiger partial charge on any atom is -0.382 e. The Labute approximate surface area is 125 Å². The topological polar surface area (TPSA) is 20.2 Å². The fourth-order valence-electron chi connectivity index (χ4n) is 1.45. The molecule has 1 N–H and O–H groups in total. The van der Waals surface area contributed by atoms with Gasteiger partial charge in [-0.1, -0.05) is 34.1 Å². The second kappa shape index (κ2) is 5.59. The summed E-state index contributed by atoms with van der Waals surface area (Å²) in [5, 5.41) is 9.23. The molecule has 1 aromatic rings. The Morgan fingerprint density at radius 2 is 1.27 bits per heavy atom. The average molecular weight is 405 g/mol. The predicted octanol–water partition coefficient (Wildman–Crippen LogP) is 4.95. The molecule has 0 aromatic heterocycles. The molecule has 0 spiro atoms. The van der Waals surface area contributed by atoms with Crippen LogP contribution in [0.1, 0.15) is 11.7 Å². The fourth-order valence-corrected chi connectivity index (χ4v) is 1.95. The van der Waals surface area contributed by atoms with Crippen molar-refractivity contribution in [3.05, 3.63) is 34.3 Å². The molecule has 1 unspecified atom stereocenters. The van der Waals surface area contributed by atoms with Crippen LogP contribution >= 0.6 is 15.9 Å². The van der Waals surface area contributed by atoms with E-state index >= 15 is 0 Å². The zero-order chi connectivity index (χ0) is 17.6. The molecule has 22 heavy (non-hydrogen) atoms. The molecule has 0 heterocycles. The lowest BCUT2D eigenvalue weighted by atomic mass is 9.94. The molecule has 0 aliphatic rings. The lowest BCUT2D eigenvalue weighted by molar-refractivity contribution is -0.406. The van der Waals surface area contributed by atoms with Crippen LogP contribution in [0, 0.1) is 0 Å². The molecule has 1 aromatic carbocycles. The predicted molar refractivity (Wildman–Crippen MR) is 60.0 cm³/mol. The number of benzene rings is 1. The Morgan fingerprint density at radius 1 is 0.818 bits per heavy atom. The maximum Gasteiger partial charge on any atom is 0.460 e. The number of rotatable bonds is 4. The molecule has 0 radical (unpaired) electrons. The van der Waals surface area contributed by atoms with Gasteiger partial charge < -0.3 is 5.11 Å². The van der Waals surface area contributed by atoms with Crippen LogP contribution in [-0.2, 0) is 0 Å². The van der Waals surface area contributed by atoms with E-state index in [4.69, 9.17) is 0 Å². The van der Waals surface area contributed by atoms with Crippen molar-refractivity contribution < 1.29 is 44.6 Å². The Bertz CT molecular complexity index is 541. The first-order valence-corrected chi connectivity index (χ1v) is 6.10. The lowest BCUT2D eigenvalue weighted by Gasteiger charge is -2.36. The highest BCUT2D eigenvalue weighted by Gasteiger charge is 2.83. The average Bonchev–Trinajstić information content (AvgIpc) is 2.36. The van der Waals surface area contributed by atoms with E-state index in [2.05, 4.69) is 15.9 Å². The summed E-state index contributed by atoms with van der Waals surface area (Å²) < 4.78 is 114. The van der Waals surface area contributed by atoms with Gasteiger partial charge in [0.05, 0.1) is 0 Å². The van der Waals surface area contributed by atoms with Gasteiger partial charge in [0, 0.05) is 10.0 Å². The van der Waals surface area contributed by atoms with E-state index in [1.54, 1.807) is 0 Å². The first-order chi connectivity index (χ1) is 9.68. The van der Waals surface area contributed by atoms with Crippen molar-refractivity contribution in [1.82, 2.24) is 0 Å². The van der Waals surface area contributed by atoms with Crippen molar-refractivity contribution in [2.24, 2.45) is 0 Å². The highest BCUT2D eigenvalue weighted by Crippen LogP contribution is 2.56. The quantitative estimate of drug-likeness (QED) is 0.704. The number of halogens is 10. The maximum atomic E-state index is 13.5. The normalized spacial score (nSPS) is 15.8. The van der Waals surface area contributed by atoms with E-state index in [0.29, 0.717) is 6.07 Å². The first-order valence-electron chi connectivity index (χ1n) is 5.30. The summed E-state index contributed by atoms with van der Waals surface area (Å²) in [4.78, 5) is 0. The molecule has 1 rings (SSSR count). The third-order valence-electron chi connectivity index (χ3n) is 2.71. The summed E-state index contributed by atoms with van der Waals surface area (Å²) >= 11 is 2.60. The van der Waals surface area contributed by atoms with Gasteiger partial charge in [0.1, 0.15) is 0 Å². The molecule has 0 bridgehead atoms. The zero-order valence-corrected chi connectivity index (χ0v) is 11.7. The van der Waals surface area contributed by atoms with Gasteiger partial charge in [-0.3, -0.25) is 0 Å². The van der Waals surface area contributed by atoms with Gasteiger partial charge >= 0.3 is 23.9 Å². The van der Waals surface area contributed by atoms with Crippen molar-refractivity contribution in [3.8, 4) is 0 Å². The Morgan fingerprint density at radius 3 is 1.68 bits per heavy atom. The highest BCUT2D eigenvalue weighted by atomic mass is 79.9. The highest BCUT2D eigenvalue weighted by molar-refractivity contribution is 9.10. The summed E-state index contributed by atoms with van der Waals surface area (Å²) in [6.45, 7) is 0. The summed E-state index contributed by atoms with van der Waals surface area (Å²) in [5.74, 6) is -20.0. The standard InChI is InChI=1S/C11H6BrF9O/c12-6-4-2-1-3-5(6)7(22)8(13,14)9(15,16)10(17,18)11(19,20)21/h1-4,7,22H. The summed E-state index contributed by atoms with van der Waals surface area (Å²) in [5.41, 5.74) is -0.967. The number of hydrogen-bond donors (Lipinski definition) is 1. The minimum absolute atomic E-state index is 0.367. The first kappa shape index (κ1) is 19.1. The van der Waals surface area contributed by atoms with Crippen LogP contribution in [0.25, 0.3) is 0 Å². The molecule has 0 fully saturated rings. The van der Waals surface area contributed by atoms with Crippen molar-refractivity contribution in [2.75, 3.05) is 0 Å². The molecular weight excluding hydrogens is 399 g/mol. The van der Waals surface area contributed by atoms with Gasteiger partial charge in [-0.05, 0) is 6.07 Å². The van der Waals surface area contributed by atoms with Crippen LogP contribution in [0.5, 0.6) is 0 Å². The second-order valence-electron chi connectivity index (χ2n) is 4.19. The van der Waals surface area contributed by atoms with E-state index in [1.807, 2.05) is 0 Å². The van der Waals surface area contributed by atoms with Gasteiger partial charge in [0.15, 0.2) is 6.10 Å². The van der Waals surface area contributed by atoms with Crippen molar-refractivity contribution in [3.63, 3.8) is 0 Å². The Kier molecular flexibility index (Phi) is 4.85. The van der Waals surface area contributed by atoms with E-state index in [0.717, 1.165) is 12.1 Å². The van der Waals surface area contributed by atoms with Crippen LogP contribution in [0.4, 0.5) is 39.5 Å². The lowest BCUT2D eigenvalue weighted by Crippen LogP contribution is -2.62. The van der Waals surface area contributed by atoms with E-state index < -0.39 is 35.6 Å². The molecule has 0 saturated carbocycles. The third kappa shape index (κ3) is 2.80. The number of alkyl halides is 9. The smallest absolute Gasteiger partial charge is 0.382 e. The monoisotopic (exact) mass is 404 g/mol. The minimum atomic E-state index is -7.04. The number of aliphatic hydroxyl groups excluding tert-OH is 1.